The highest BCUT2D eigenvalue weighted by molar-refractivity contribution is 5.31. The van der Waals surface area contributed by atoms with Crippen LogP contribution in [0.1, 0.15) is 23.5 Å². The third-order valence-electron chi connectivity index (χ3n) is 3.36. The molecule has 19 heavy (non-hydrogen) atoms. The van der Waals surface area contributed by atoms with Gasteiger partial charge in [-0.1, -0.05) is 48.5 Å². The van der Waals surface area contributed by atoms with Gasteiger partial charge in [0.05, 0.1) is 7.11 Å². The Balaban J connectivity index is 2.16. The molecule has 0 saturated carbocycles. The average Bonchev–Trinajstić information content (AvgIpc) is 2.48. The molecule has 2 rings (SSSR count). The predicted molar refractivity (Wildman–Crippen MR) is 80.7 cm³/mol. The molecule has 0 N–H and O–H groups in total. The first-order valence-electron chi connectivity index (χ1n) is 6.62. The number of rotatable bonds is 6. The molecule has 0 aromatic heterocycles. The second-order valence-electron chi connectivity index (χ2n) is 4.68. The monoisotopic (exact) mass is 252 g/mol. The van der Waals surface area contributed by atoms with Gasteiger partial charge in [-0.25, -0.2) is 0 Å². The molecular formula is C18H20O. The van der Waals surface area contributed by atoms with Crippen molar-refractivity contribution in [3.8, 4) is 5.75 Å². The van der Waals surface area contributed by atoms with E-state index in [1.807, 2.05) is 18.2 Å². The van der Waals surface area contributed by atoms with Crippen LogP contribution in [0.2, 0.25) is 0 Å². The first-order chi connectivity index (χ1) is 9.33. The van der Waals surface area contributed by atoms with E-state index in [1.165, 1.54) is 11.1 Å². The second kappa shape index (κ2) is 6.79. The molecular weight excluding hydrogens is 232 g/mol. The minimum Gasteiger partial charge on any atom is -0.497 e. The van der Waals surface area contributed by atoms with Crippen LogP contribution in [0.25, 0.3) is 0 Å². The van der Waals surface area contributed by atoms with Crippen LogP contribution in [0.15, 0.2) is 67.3 Å². The van der Waals surface area contributed by atoms with Crippen molar-refractivity contribution in [2.45, 2.75) is 18.8 Å². The van der Waals surface area contributed by atoms with Crippen LogP contribution >= 0.6 is 0 Å². The van der Waals surface area contributed by atoms with Crippen LogP contribution in [-0.2, 0) is 6.42 Å². The summed E-state index contributed by atoms with van der Waals surface area (Å²) in [5.74, 6) is 1.38. The maximum atomic E-state index is 5.21. The van der Waals surface area contributed by atoms with Gasteiger partial charge in [0.2, 0.25) is 0 Å². The molecule has 1 atom stereocenters. The molecule has 2 aromatic carbocycles. The summed E-state index contributed by atoms with van der Waals surface area (Å²) >= 11 is 0. The summed E-state index contributed by atoms with van der Waals surface area (Å²) in [5.41, 5.74) is 2.70. The normalized spacial score (nSPS) is 11.8. The molecule has 0 saturated heterocycles. The van der Waals surface area contributed by atoms with Crippen LogP contribution < -0.4 is 4.74 Å². The Morgan fingerprint density at radius 3 is 2.32 bits per heavy atom. The van der Waals surface area contributed by atoms with Crippen LogP contribution in [0.5, 0.6) is 5.75 Å². The Morgan fingerprint density at radius 2 is 1.74 bits per heavy atom. The summed E-state index contributed by atoms with van der Waals surface area (Å²) in [6.45, 7) is 3.88. The summed E-state index contributed by atoms with van der Waals surface area (Å²) in [6.07, 6.45) is 4.03. The molecule has 2 aromatic rings. The minimum absolute atomic E-state index is 0.478. The molecule has 0 heterocycles. The van der Waals surface area contributed by atoms with Crippen molar-refractivity contribution in [2.75, 3.05) is 7.11 Å². The van der Waals surface area contributed by atoms with Gasteiger partial charge in [-0.15, -0.1) is 6.58 Å². The number of hydrogen-bond donors (Lipinski definition) is 0. The van der Waals surface area contributed by atoms with Gasteiger partial charge < -0.3 is 4.74 Å². The van der Waals surface area contributed by atoms with E-state index in [0.29, 0.717) is 5.92 Å². The van der Waals surface area contributed by atoms with Gasteiger partial charge in [-0.3, -0.25) is 0 Å². The lowest BCUT2D eigenvalue weighted by Crippen LogP contribution is -2.02. The van der Waals surface area contributed by atoms with E-state index in [2.05, 4.69) is 49.0 Å². The summed E-state index contributed by atoms with van der Waals surface area (Å²) in [7, 11) is 1.69. The molecule has 1 heteroatoms. The van der Waals surface area contributed by atoms with Crippen molar-refractivity contribution in [2.24, 2.45) is 0 Å². The molecule has 1 unspecified atom stereocenters. The zero-order valence-corrected chi connectivity index (χ0v) is 11.4. The van der Waals surface area contributed by atoms with Crippen molar-refractivity contribution in [1.29, 1.82) is 0 Å². The molecule has 1 nitrogen and oxygen atoms in total. The fourth-order valence-electron chi connectivity index (χ4n) is 2.31. The smallest absolute Gasteiger partial charge is 0.118 e. The quantitative estimate of drug-likeness (QED) is 0.683. The van der Waals surface area contributed by atoms with Gasteiger partial charge >= 0.3 is 0 Å². The van der Waals surface area contributed by atoms with Gasteiger partial charge in [-0.05, 0) is 42.0 Å². The molecule has 0 aliphatic rings. The minimum atomic E-state index is 0.478. The fourth-order valence-corrected chi connectivity index (χ4v) is 2.31. The number of hydrogen-bond acceptors (Lipinski definition) is 1. The Labute approximate surface area is 115 Å². The van der Waals surface area contributed by atoms with E-state index >= 15 is 0 Å². The van der Waals surface area contributed by atoms with E-state index in [4.69, 9.17) is 4.74 Å². The maximum absolute atomic E-state index is 5.21. The number of allylic oxidation sites excluding steroid dienone is 1. The van der Waals surface area contributed by atoms with Crippen molar-refractivity contribution < 1.29 is 4.74 Å². The van der Waals surface area contributed by atoms with Gasteiger partial charge in [0.15, 0.2) is 0 Å². The lowest BCUT2D eigenvalue weighted by Gasteiger charge is -2.16. The molecule has 0 aliphatic heterocycles. The predicted octanol–water partition coefficient (Wildman–Crippen LogP) is 4.60. The van der Waals surface area contributed by atoms with Gasteiger partial charge in [-0.2, -0.15) is 0 Å². The third kappa shape index (κ3) is 3.72. The topological polar surface area (TPSA) is 9.23 Å². The molecule has 0 spiro atoms. The van der Waals surface area contributed by atoms with Crippen molar-refractivity contribution in [3.05, 3.63) is 78.4 Å². The highest BCUT2D eigenvalue weighted by Crippen LogP contribution is 2.26. The van der Waals surface area contributed by atoms with Gasteiger partial charge in [0, 0.05) is 0 Å². The molecule has 0 fully saturated rings. The fraction of sp³-hybridized carbons (Fsp3) is 0.222. The first-order valence-corrected chi connectivity index (χ1v) is 6.62. The summed E-state index contributed by atoms with van der Waals surface area (Å²) in [4.78, 5) is 0. The molecule has 0 radical (unpaired) electrons. The van der Waals surface area contributed by atoms with E-state index in [0.717, 1.165) is 18.6 Å². The van der Waals surface area contributed by atoms with Crippen LogP contribution in [-0.4, -0.2) is 7.11 Å². The summed E-state index contributed by atoms with van der Waals surface area (Å²) in [5, 5.41) is 0. The van der Waals surface area contributed by atoms with Crippen LogP contribution in [0.4, 0.5) is 0 Å². The third-order valence-corrected chi connectivity index (χ3v) is 3.36. The van der Waals surface area contributed by atoms with E-state index in [1.54, 1.807) is 7.11 Å². The van der Waals surface area contributed by atoms with Crippen molar-refractivity contribution in [3.63, 3.8) is 0 Å². The van der Waals surface area contributed by atoms with Crippen LogP contribution in [0.3, 0.4) is 0 Å². The number of ether oxygens (including phenoxy) is 1. The summed E-state index contributed by atoms with van der Waals surface area (Å²) in [6, 6.07) is 18.9. The SMILES string of the molecule is C=CCC(Cc1ccccc1)c1ccc(OC)cc1. The maximum Gasteiger partial charge on any atom is 0.118 e. The highest BCUT2D eigenvalue weighted by Gasteiger charge is 2.11. The zero-order valence-electron chi connectivity index (χ0n) is 11.4. The lowest BCUT2D eigenvalue weighted by atomic mass is 9.89. The van der Waals surface area contributed by atoms with Gasteiger partial charge in [0.1, 0.15) is 5.75 Å². The largest absolute Gasteiger partial charge is 0.497 e. The van der Waals surface area contributed by atoms with E-state index < -0.39 is 0 Å². The first kappa shape index (κ1) is 13.4. The van der Waals surface area contributed by atoms with Crippen molar-refractivity contribution >= 4 is 0 Å². The Morgan fingerprint density at radius 1 is 1.05 bits per heavy atom. The Hall–Kier alpha value is -2.02. The lowest BCUT2D eigenvalue weighted by molar-refractivity contribution is 0.414. The molecule has 98 valence electrons. The molecule has 0 bridgehead atoms. The second-order valence-corrected chi connectivity index (χ2v) is 4.68. The zero-order chi connectivity index (χ0) is 13.5. The van der Waals surface area contributed by atoms with Crippen LogP contribution in [0, 0.1) is 0 Å². The standard InChI is InChI=1S/C18H20O/c1-3-7-17(14-15-8-5-4-6-9-15)16-10-12-18(19-2)13-11-16/h3-6,8-13,17H,1,7,14H2,2H3. The Kier molecular flexibility index (Phi) is 4.79. The Bertz CT molecular complexity index is 499. The van der Waals surface area contributed by atoms with Crippen molar-refractivity contribution in [1.82, 2.24) is 0 Å². The number of methoxy groups -OCH3 is 1. The van der Waals surface area contributed by atoms with Gasteiger partial charge in [0.25, 0.3) is 0 Å². The molecule has 0 aliphatic carbocycles. The number of benzene rings is 2. The highest BCUT2D eigenvalue weighted by atomic mass is 16.5. The van der Waals surface area contributed by atoms with E-state index in [-0.39, 0.29) is 0 Å². The summed E-state index contributed by atoms with van der Waals surface area (Å²) < 4.78 is 5.21. The molecule has 0 amide bonds. The van der Waals surface area contributed by atoms with E-state index in [9.17, 15) is 0 Å². The average molecular weight is 252 g/mol.